The van der Waals surface area contributed by atoms with Gasteiger partial charge in [-0.2, -0.15) is 0 Å². The Kier molecular flexibility index (Phi) is 4.06. The third-order valence-corrected chi connectivity index (χ3v) is 5.23. The van der Waals surface area contributed by atoms with Gasteiger partial charge in [0.25, 0.3) is 0 Å². The Morgan fingerprint density at radius 3 is 2.52 bits per heavy atom. The van der Waals surface area contributed by atoms with E-state index in [0.717, 1.165) is 18.7 Å². The van der Waals surface area contributed by atoms with Crippen molar-refractivity contribution in [2.24, 2.45) is 0 Å². The average Bonchev–Trinajstić information content (AvgIpc) is 3.27. The molecule has 1 aliphatic heterocycles. The van der Waals surface area contributed by atoms with E-state index in [-0.39, 0.29) is 6.04 Å². The van der Waals surface area contributed by atoms with Crippen LogP contribution in [0.5, 0.6) is 0 Å². The number of H-pyrrole nitrogens is 1. The molecule has 2 aromatic carbocycles. The van der Waals surface area contributed by atoms with Gasteiger partial charge in [-0.05, 0) is 61.7 Å². The predicted molar refractivity (Wildman–Crippen MR) is 99.1 cm³/mol. The summed E-state index contributed by atoms with van der Waals surface area (Å²) in [5, 5.41) is 10.4. The number of benzene rings is 2. The van der Waals surface area contributed by atoms with Crippen LogP contribution < -0.4 is 0 Å². The van der Waals surface area contributed by atoms with Crippen LogP contribution in [-0.2, 0) is 0 Å². The van der Waals surface area contributed by atoms with E-state index in [1.165, 1.54) is 34.9 Å². The fraction of sp³-hybridized carbons (Fsp3) is 0.286. The molecule has 3 aromatic rings. The van der Waals surface area contributed by atoms with Crippen molar-refractivity contribution in [3.8, 4) is 0 Å². The molecule has 128 valence electrons. The van der Waals surface area contributed by atoms with Gasteiger partial charge in [-0.1, -0.05) is 30.3 Å². The molecule has 4 nitrogen and oxygen atoms in total. The van der Waals surface area contributed by atoms with Gasteiger partial charge in [0.1, 0.15) is 0 Å². The van der Waals surface area contributed by atoms with Crippen LogP contribution in [0.4, 0.5) is 0 Å². The smallest absolute Gasteiger partial charge is 0.335 e. The second-order valence-electron chi connectivity index (χ2n) is 6.81. The summed E-state index contributed by atoms with van der Waals surface area (Å²) in [5.41, 5.74) is 5.17. The Labute approximate surface area is 147 Å². The molecule has 2 N–H and O–H groups in total. The number of aromatic carboxylic acids is 1. The molecule has 25 heavy (non-hydrogen) atoms. The standard InChI is InChI=1S/C21H22N2O2/c1-14-5-4-6-17-18(13-22-19(14)17)20(23-11-2-3-12-23)15-7-9-16(10-8-15)21(24)25/h4-10,13,20,22H,2-3,11-12H2,1H3,(H,24,25). The lowest BCUT2D eigenvalue weighted by atomic mass is 9.95. The molecule has 1 fully saturated rings. The van der Waals surface area contributed by atoms with Gasteiger partial charge in [-0.15, -0.1) is 0 Å². The minimum Gasteiger partial charge on any atom is -0.478 e. The topological polar surface area (TPSA) is 56.3 Å². The Morgan fingerprint density at radius 1 is 1.12 bits per heavy atom. The number of carboxylic acid groups (broad SMARTS) is 1. The van der Waals surface area contributed by atoms with Gasteiger partial charge in [-0.3, -0.25) is 4.90 Å². The molecular weight excluding hydrogens is 312 g/mol. The summed E-state index contributed by atoms with van der Waals surface area (Å²) in [6, 6.07) is 13.9. The number of nitrogens with one attached hydrogen (secondary N) is 1. The molecule has 0 saturated carbocycles. The minimum absolute atomic E-state index is 0.154. The monoisotopic (exact) mass is 334 g/mol. The van der Waals surface area contributed by atoms with E-state index in [0.29, 0.717) is 5.56 Å². The summed E-state index contributed by atoms with van der Waals surface area (Å²) in [7, 11) is 0. The van der Waals surface area contributed by atoms with Gasteiger partial charge in [-0.25, -0.2) is 4.79 Å². The molecule has 0 spiro atoms. The molecule has 0 aliphatic carbocycles. The third kappa shape index (κ3) is 2.83. The van der Waals surface area contributed by atoms with Gasteiger partial charge in [0, 0.05) is 17.1 Å². The number of carbonyl (C=O) groups is 1. The maximum absolute atomic E-state index is 11.2. The molecular formula is C21H22N2O2. The van der Waals surface area contributed by atoms with E-state index in [1.807, 2.05) is 12.1 Å². The van der Waals surface area contributed by atoms with E-state index in [4.69, 9.17) is 5.11 Å². The Bertz CT molecular complexity index is 905. The highest BCUT2D eigenvalue weighted by Crippen LogP contribution is 2.36. The zero-order chi connectivity index (χ0) is 17.4. The molecule has 0 radical (unpaired) electrons. The predicted octanol–water partition coefficient (Wildman–Crippen LogP) is 4.36. The van der Waals surface area contributed by atoms with Crippen molar-refractivity contribution in [1.82, 2.24) is 9.88 Å². The zero-order valence-electron chi connectivity index (χ0n) is 14.3. The van der Waals surface area contributed by atoms with Crippen molar-refractivity contribution in [1.29, 1.82) is 0 Å². The first-order valence-corrected chi connectivity index (χ1v) is 8.79. The lowest BCUT2D eigenvalue weighted by molar-refractivity contribution is 0.0697. The van der Waals surface area contributed by atoms with Crippen LogP contribution >= 0.6 is 0 Å². The number of hydrogen-bond donors (Lipinski definition) is 2. The fourth-order valence-electron chi connectivity index (χ4n) is 3.95. The van der Waals surface area contributed by atoms with E-state index in [9.17, 15) is 4.79 Å². The van der Waals surface area contributed by atoms with E-state index in [2.05, 4.69) is 41.2 Å². The second-order valence-corrected chi connectivity index (χ2v) is 6.81. The molecule has 1 atom stereocenters. The number of hydrogen-bond acceptors (Lipinski definition) is 2. The van der Waals surface area contributed by atoms with Crippen molar-refractivity contribution in [3.63, 3.8) is 0 Å². The maximum atomic E-state index is 11.2. The fourth-order valence-corrected chi connectivity index (χ4v) is 3.95. The lowest BCUT2D eigenvalue weighted by Crippen LogP contribution is -2.26. The van der Waals surface area contributed by atoms with Crippen molar-refractivity contribution >= 4 is 16.9 Å². The number of aromatic nitrogens is 1. The molecule has 1 aliphatic rings. The minimum atomic E-state index is -0.882. The molecule has 2 heterocycles. The molecule has 1 aromatic heterocycles. The Morgan fingerprint density at radius 2 is 1.84 bits per heavy atom. The molecule has 4 heteroatoms. The lowest BCUT2D eigenvalue weighted by Gasteiger charge is -2.28. The largest absolute Gasteiger partial charge is 0.478 e. The summed E-state index contributed by atoms with van der Waals surface area (Å²) in [6.07, 6.45) is 4.54. The zero-order valence-corrected chi connectivity index (χ0v) is 14.3. The molecule has 4 rings (SSSR count). The number of aryl methyl sites for hydroxylation is 1. The number of aromatic amines is 1. The normalized spacial score (nSPS) is 16.4. The van der Waals surface area contributed by atoms with Gasteiger partial charge < -0.3 is 10.1 Å². The highest BCUT2D eigenvalue weighted by atomic mass is 16.4. The van der Waals surface area contributed by atoms with Crippen LogP contribution in [0, 0.1) is 6.92 Å². The van der Waals surface area contributed by atoms with E-state index < -0.39 is 5.97 Å². The van der Waals surface area contributed by atoms with E-state index >= 15 is 0 Å². The van der Waals surface area contributed by atoms with Crippen LogP contribution in [-0.4, -0.2) is 34.0 Å². The highest BCUT2D eigenvalue weighted by Gasteiger charge is 2.27. The molecule has 0 bridgehead atoms. The molecule has 1 saturated heterocycles. The summed E-state index contributed by atoms with van der Waals surface area (Å²) in [4.78, 5) is 17.1. The summed E-state index contributed by atoms with van der Waals surface area (Å²) < 4.78 is 0. The van der Waals surface area contributed by atoms with Crippen molar-refractivity contribution in [2.75, 3.05) is 13.1 Å². The van der Waals surface area contributed by atoms with Crippen molar-refractivity contribution in [3.05, 3.63) is 70.9 Å². The van der Waals surface area contributed by atoms with Crippen molar-refractivity contribution in [2.45, 2.75) is 25.8 Å². The van der Waals surface area contributed by atoms with Crippen LogP contribution in [0.2, 0.25) is 0 Å². The SMILES string of the molecule is Cc1cccc2c(C(c3ccc(C(=O)O)cc3)N3CCCC3)c[nH]c12. The van der Waals surface area contributed by atoms with Crippen LogP contribution in [0.25, 0.3) is 10.9 Å². The van der Waals surface area contributed by atoms with Gasteiger partial charge in [0.15, 0.2) is 0 Å². The molecule has 1 unspecified atom stereocenters. The van der Waals surface area contributed by atoms with Crippen LogP contribution in [0.1, 0.15) is 45.9 Å². The first-order valence-electron chi connectivity index (χ1n) is 8.79. The second kappa shape index (κ2) is 6.37. The highest BCUT2D eigenvalue weighted by molar-refractivity contribution is 5.88. The Balaban J connectivity index is 1.83. The number of carboxylic acids is 1. The number of nitrogens with zero attached hydrogens (tertiary/aromatic N) is 1. The van der Waals surface area contributed by atoms with Crippen LogP contribution in [0.3, 0.4) is 0 Å². The number of rotatable bonds is 4. The third-order valence-electron chi connectivity index (χ3n) is 5.23. The van der Waals surface area contributed by atoms with E-state index in [1.54, 1.807) is 12.1 Å². The number of para-hydroxylation sites is 1. The average molecular weight is 334 g/mol. The number of fused-ring (bicyclic) bond motifs is 1. The van der Waals surface area contributed by atoms with Gasteiger partial charge in [0.05, 0.1) is 11.6 Å². The maximum Gasteiger partial charge on any atom is 0.335 e. The molecule has 0 amide bonds. The summed E-state index contributed by atoms with van der Waals surface area (Å²) >= 11 is 0. The van der Waals surface area contributed by atoms with Gasteiger partial charge >= 0.3 is 5.97 Å². The first kappa shape index (κ1) is 15.9. The van der Waals surface area contributed by atoms with Crippen LogP contribution in [0.15, 0.2) is 48.7 Å². The Hall–Kier alpha value is -2.59. The first-order chi connectivity index (χ1) is 12.1. The summed E-state index contributed by atoms with van der Waals surface area (Å²) in [5.74, 6) is -0.882. The quantitative estimate of drug-likeness (QED) is 0.745. The van der Waals surface area contributed by atoms with Crippen molar-refractivity contribution < 1.29 is 9.90 Å². The number of likely N-dealkylation sites (tertiary alicyclic amines) is 1. The van der Waals surface area contributed by atoms with Gasteiger partial charge in [0.2, 0.25) is 0 Å². The summed E-state index contributed by atoms with van der Waals surface area (Å²) in [6.45, 7) is 4.27.